The molecule has 1 aliphatic rings. The van der Waals surface area contributed by atoms with Crippen molar-refractivity contribution >= 4 is 27.2 Å². The van der Waals surface area contributed by atoms with E-state index in [0.717, 1.165) is 12.1 Å². The van der Waals surface area contributed by atoms with Crippen molar-refractivity contribution in [3.05, 3.63) is 93.6 Å². The number of benzene rings is 2. The molecule has 29 heavy (non-hydrogen) atoms. The first kappa shape index (κ1) is 22.9. The molecular weight excluding hydrogens is 446 g/mol. The number of hydrogen-bond acceptors (Lipinski definition) is 1. The highest BCUT2D eigenvalue weighted by Gasteiger charge is 2.30. The molecule has 0 N–H and O–H groups in total. The standard InChI is InChI=1S/C21H16BrF4N.C2H6/c1-12-8-16(14-6-4-3-5-7-14)21(27(13(12)2)11-19(25)26)20-17(23)9-15(22)10-18(20)24;1-2/h3-10,19H,2,11H2,1H3;1-2H3. The molecule has 0 unspecified atom stereocenters. The zero-order valence-corrected chi connectivity index (χ0v) is 18.0. The second kappa shape index (κ2) is 9.92. The van der Waals surface area contributed by atoms with Gasteiger partial charge in [-0.15, -0.1) is 0 Å². The summed E-state index contributed by atoms with van der Waals surface area (Å²) in [5.41, 5.74) is 1.74. The van der Waals surface area contributed by atoms with Crippen molar-refractivity contribution in [2.24, 2.45) is 0 Å². The van der Waals surface area contributed by atoms with Crippen LogP contribution in [0.3, 0.4) is 0 Å². The molecule has 0 saturated carbocycles. The molecular formula is C23H22BrF4N. The molecule has 2 aromatic carbocycles. The minimum atomic E-state index is -2.71. The van der Waals surface area contributed by atoms with Gasteiger partial charge in [-0.1, -0.05) is 66.7 Å². The number of halogens is 5. The zero-order valence-electron chi connectivity index (χ0n) is 16.4. The summed E-state index contributed by atoms with van der Waals surface area (Å²) < 4.78 is 56.3. The minimum Gasteiger partial charge on any atom is -0.335 e. The molecule has 0 radical (unpaired) electrons. The third-order valence-electron chi connectivity index (χ3n) is 4.32. The van der Waals surface area contributed by atoms with Crippen molar-refractivity contribution in [3.8, 4) is 0 Å². The van der Waals surface area contributed by atoms with E-state index in [1.165, 1.54) is 4.90 Å². The second-order valence-corrected chi connectivity index (χ2v) is 7.06. The maximum atomic E-state index is 14.8. The van der Waals surface area contributed by atoms with E-state index < -0.39 is 24.6 Å². The molecule has 2 aromatic rings. The van der Waals surface area contributed by atoms with Crippen molar-refractivity contribution < 1.29 is 17.6 Å². The van der Waals surface area contributed by atoms with Gasteiger partial charge in [0.2, 0.25) is 0 Å². The Bertz CT molecular complexity index is 926. The zero-order chi connectivity index (χ0) is 21.7. The Labute approximate surface area is 177 Å². The fraction of sp³-hybridized carbons (Fsp3) is 0.217. The Morgan fingerprint density at radius 3 is 2.10 bits per heavy atom. The first-order valence-electron chi connectivity index (χ1n) is 9.17. The van der Waals surface area contributed by atoms with Gasteiger partial charge in [-0.3, -0.25) is 0 Å². The quantitative estimate of drug-likeness (QED) is 0.417. The fourth-order valence-electron chi connectivity index (χ4n) is 3.08. The van der Waals surface area contributed by atoms with E-state index in [0.29, 0.717) is 16.7 Å². The fourth-order valence-corrected chi connectivity index (χ4v) is 3.48. The third-order valence-corrected chi connectivity index (χ3v) is 4.77. The summed E-state index contributed by atoms with van der Waals surface area (Å²) >= 11 is 3.05. The Morgan fingerprint density at radius 2 is 1.59 bits per heavy atom. The second-order valence-electron chi connectivity index (χ2n) is 6.15. The molecule has 0 atom stereocenters. The number of rotatable bonds is 4. The molecule has 0 amide bonds. The molecule has 0 saturated heterocycles. The normalized spacial score (nSPS) is 14.0. The van der Waals surface area contributed by atoms with Gasteiger partial charge in [0.15, 0.2) is 0 Å². The summed E-state index contributed by atoms with van der Waals surface area (Å²) in [6, 6.07) is 11.1. The smallest absolute Gasteiger partial charge is 0.256 e. The Morgan fingerprint density at radius 1 is 1.03 bits per heavy atom. The van der Waals surface area contributed by atoms with E-state index >= 15 is 0 Å². The lowest BCUT2D eigenvalue weighted by Gasteiger charge is -2.35. The first-order valence-corrected chi connectivity index (χ1v) is 9.96. The van der Waals surface area contributed by atoms with Gasteiger partial charge in [-0.2, -0.15) is 0 Å². The van der Waals surface area contributed by atoms with E-state index in [2.05, 4.69) is 22.5 Å². The monoisotopic (exact) mass is 467 g/mol. The molecule has 0 fully saturated rings. The van der Waals surface area contributed by atoms with Gasteiger partial charge in [0, 0.05) is 15.7 Å². The molecule has 0 aromatic heterocycles. The molecule has 0 aliphatic carbocycles. The molecule has 1 aliphatic heterocycles. The highest BCUT2D eigenvalue weighted by atomic mass is 79.9. The van der Waals surface area contributed by atoms with Gasteiger partial charge in [-0.25, -0.2) is 17.6 Å². The lowest BCUT2D eigenvalue weighted by atomic mass is 9.91. The summed E-state index contributed by atoms with van der Waals surface area (Å²) in [6.45, 7) is 8.86. The van der Waals surface area contributed by atoms with Crippen LogP contribution < -0.4 is 0 Å². The van der Waals surface area contributed by atoms with Gasteiger partial charge in [-0.05, 0) is 36.3 Å². The lowest BCUT2D eigenvalue weighted by molar-refractivity contribution is 0.123. The van der Waals surface area contributed by atoms with Crippen LogP contribution in [0.2, 0.25) is 0 Å². The highest BCUT2D eigenvalue weighted by molar-refractivity contribution is 9.10. The van der Waals surface area contributed by atoms with Crippen molar-refractivity contribution in [3.63, 3.8) is 0 Å². The number of nitrogens with zero attached hydrogens (tertiary/aromatic N) is 1. The highest BCUT2D eigenvalue weighted by Crippen LogP contribution is 2.41. The molecule has 3 rings (SSSR count). The lowest BCUT2D eigenvalue weighted by Crippen LogP contribution is -2.30. The average molecular weight is 468 g/mol. The van der Waals surface area contributed by atoms with Crippen molar-refractivity contribution in [1.29, 1.82) is 0 Å². The topological polar surface area (TPSA) is 3.24 Å². The summed E-state index contributed by atoms with van der Waals surface area (Å²) in [4.78, 5) is 1.19. The van der Waals surface area contributed by atoms with Crippen LogP contribution in [-0.2, 0) is 0 Å². The van der Waals surface area contributed by atoms with E-state index in [1.54, 1.807) is 43.3 Å². The van der Waals surface area contributed by atoms with E-state index in [9.17, 15) is 17.6 Å². The molecule has 0 spiro atoms. The molecule has 6 heteroatoms. The predicted molar refractivity (Wildman–Crippen MR) is 114 cm³/mol. The summed E-state index contributed by atoms with van der Waals surface area (Å²) in [6.07, 6.45) is -0.989. The summed E-state index contributed by atoms with van der Waals surface area (Å²) in [5.74, 6) is -1.68. The Hall–Kier alpha value is -2.34. The van der Waals surface area contributed by atoms with Crippen molar-refractivity contribution in [2.45, 2.75) is 27.2 Å². The largest absolute Gasteiger partial charge is 0.335 e. The molecule has 1 heterocycles. The average Bonchev–Trinajstić information content (AvgIpc) is 2.68. The minimum absolute atomic E-state index is 0.0413. The van der Waals surface area contributed by atoms with Crippen LogP contribution in [0.5, 0.6) is 0 Å². The maximum Gasteiger partial charge on any atom is 0.256 e. The van der Waals surface area contributed by atoms with Gasteiger partial charge < -0.3 is 4.90 Å². The van der Waals surface area contributed by atoms with Crippen molar-refractivity contribution in [2.75, 3.05) is 6.54 Å². The maximum absolute atomic E-state index is 14.8. The van der Waals surface area contributed by atoms with E-state index in [1.807, 2.05) is 13.8 Å². The molecule has 0 bridgehead atoms. The van der Waals surface area contributed by atoms with Crippen LogP contribution in [-0.4, -0.2) is 17.9 Å². The van der Waals surface area contributed by atoms with Gasteiger partial charge in [0.1, 0.15) is 11.6 Å². The number of hydrogen-bond donors (Lipinski definition) is 0. The summed E-state index contributed by atoms with van der Waals surface area (Å²) in [7, 11) is 0. The van der Waals surface area contributed by atoms with Gasteiger partial charge in [0.25, 0.3) is 6.43 Å². The van der Waals surface area contributed by atoms with Crippen LogP contribution in [0.15, 0.2) is 70.9 Å². The number of alkyl halides is 2. The Kier molecular flexibility index (Phi) is 7.85. The third kappa shape index (κ3) is 4.99. The SMILES string of the molecule is C=C1C(C)=CC(c2ccccc2)=C(c2c(F)cc(Br)cc2F)N1CC(F)F.CC. The van der Waals surface area contributed by atoms with Gasteiger partial charge in [0.05, 0.1) is 17.8 Å². The van der Waals surface area contributed by atoms with Crippen LogP contribution in [0.4, 0.5) is 17.6 Å². The van der Waals surface area contributed by atoms with Gasteiger partial charge >= 0.3 is 0 Å². The van der Waals surface area contributed by atoms with Crippen molar-refractivity contribution in [1.82, 2.24) is 4.90 Å². The molecule has 1 nitrogen and oxygen atoms in total. The van der Waals surface area contributed by atoms with E-state index in [4.69, 9.17) is 0 Å². The van der Waals surface area contributed by atoms with Crippen LogP contribution >= 0.6 is 15.9 Å². The number of allylic oxidation sites excluding steroid dienone is 3. The summed E-state index contributed by atoms with van der Waals surface area (Å²) in [5, 5.41) is 0. The Balaban J connectivity index is 0.00000145. The van der Waals surface area contributed by atoms with Crippen LogP contribution in [0, 0.1) is 11.6 Å². The van der Waals surface area contributed by atoms with Crippen LogP contribution in [0.1, 0.15) is 31.9 Å². The first-order chi connectivity index (χ1) is 13.8. The van der Waals surface area contributed by atoms with E-state index in [-0.39, 0.29) is 21.4 Å². The molecule has 154 valence electrons. The predicted octanol–water partition coefficient (Wildman–Crippen LogP) is 7.66. The van der Waals surface area contributed by atoms with Crippen LogP contribution in [0.25, 0.3) is 11.3 Å².